The Bertz CT molecular complexity index is 647. The topological polar surface area (TPSA) is 38.3 Å². The van der Waals surface area contributed by atoms with Crippen LogP contribution in [-0.2, 0) is 0 Å². The van der Waals surface area contributed by atoms with Crippen molar-refractivity contribution in [2.24, 2.45) is 0 Å². The van der Waals surface area contributed by atoms with E-state index in [1.165, 1.54) is 0 Å². The van der Waals surface area contributed by atoms with Crippen LogP contribution in [0.5, 0.6) is 5.75 Å². The molecule has 1 N–H and O–H groups in total. The fourth-order valence-corrected chi connectivity index (χ4v) is 2.31. The summed E-state index contributed by atoms with van der Waals surface area (Å²) in [6.07, 6.45) is 0.0249. The van der Waals surface area contributed by atoms with Gasteiger partial charge in [0.15, 0.2) is 0 Å². The molecule has 0 aromatic heterocycles. The fraction of sp³-hybridized carbons (Fsp3) is 0.316. The summed E-state index contributed by atoms with van der Waals surface area (Å²) in [5, 5.41) is 3.00. The lowest BCUT2D eigenvalue weighted by Crippen LogP contribution is -2.16. The van der Waals surface area contributed by atoms with Crippen molar-refractivity contribution >= 4 is 11.6 Å². The number of benzene rings is 2. The van der Waals surface area contributed by atoms with Crippen molar-refractivity contribution in [1.82, 2.24) is 0 Å². The standard InChI is InChI=1S/C19H23NO2/c1-13(2)15-9-5-7-11-17(15)20-19(21)16-10-6-8-12-18(16)22-14(3)4/h5-14H,1-4H3,(H,20,21). The molecule has 2 aromatic carbocycles. The molecule has 116 valence electrons. The number of anilines is 1. The first kappa shape index (κ1) is 16.1. The maximum absolute atomic E-state index is 12.6. The minimum Gasteiger partial charge on any atom is -0.490 e. The first-order valence-corrected chi connectivity index (χ1v) is 7.65. The van der Waals surface area contributed by atoms with Crippen molar-refractivity contribution in [2.75, 3.05) is 5.32 Å². The second kappa shape index (κ2) is 7.12. The third-order valence-electron chi connectivity index (χ3n) is 3.33. The number of hydrogen-bond acceptors (Lipinski definition) is 2. The Morgan fingerprint density at radius 1 is 0.955 bits per heavy atom. The maximum atomic E-state index is 12.6. The van der Waals surface area contributed by atoms with Crippen molar-refractivity contribution in [3.63, 3.8) is 0 Å². The normalized spacial score (nSPS) is 10.8. The van der Waals surface area contributed by atoms with Gasteiger partial charge in [0.1, 0.15) is 5.75 Å². The molecule has 0 fully saturated rings. The van der Waals surface area contributed by atoms with Gasteiger partial charge in [0.2, 0.25) is 0 Å². The average Bonchev–Trinajstić information content (AvgIpc) is 2.47. The highest BCUT2D eigenvalue weighted by Gasteiger charge is 2.15. The summed E-state index contributed by atoms with van der Waals surface area (Å²) < 4.78 is 5.72. The quantitative estimate of drug-likeness (QED) is 0.856. The summed E-state index contributed by atoms with van der Waals surface area (Å²) in [5.41, 5.74) is 2.52. The lowest BCUT2D eigenvalue weighted by Gasteiger charge is -2.16. The highest BCUT2D eigenvalue weighted by atomic mass is 16.5. The zero-order valence-corrected chi connectivity index (χ0v) is 13.6. The predicted molar refractivity (Wildman–Crippen MR) is 90.7 cm³/mol. The van der Waals surface area contributed by atoms with E-state index in [-0.39, 0.29) is 12.0 Å². The molecular formula is C19H23NO2. The number of amides is 1. The smallest absolute Gasteiger partial charge is 0.259 e. The first-order valence-electron chi connectivity index (χ1n) is 7.65. The molecule has 0 spiro atoms. The van der Waals surface area contributed by atoms with E-state index in [2.05, 4.69) is 19.2 Å². The van der Waals surface area contributed by atoms with Gasteiger partial charge >= 0.3 is 0 Å². The van der Waals surface area contributed by atoms with E-state index < -0.39 is 0 Å². The van der Waals surface area contributed by atoms with Crippen LogP contribution >= 0.6 is 0 Å². The number of nitrogens with one attached hydrogen (secondary N) is 1. The average molecular weight is 297 g/mol. The van der Waals surface area contributed by atoms with Gasteiger partial charge in [-0.15, -0.1) is 0 Å². The maximum Gasteiger partial charge on any atom is 0.259 e. The molecule has 0 heterocycles. The largest absolute Gasteiger partial charge is 0.490 e. The Morgan fingerprint density at radius 3 is 2.27 bits per heavy atom. The highest BCUT2D eigenvalue weighted by molar-refractivity contribution is 6.06. The van der Waals surface area contributed by atoms with Crippen LogP contribution in [0.4, 0.5) is 5.69 Å². The summed E-state index contributed by atoms with van der Waals surface area (Å²) in [4.78, 5) is 12.6. The Hall–Kier alpha value is -2.29. The molecule has 1 amide bonds. The van der Waals surface area contributed by atoms with E-state index in [1.807, 2.05) is 56.3 Å². The van der Waals surface area contributed by atoms with Crippen LogP contribution < -0.4 is 10.1 Å². The SMILES string of the molecule is CC(C)Oc1ccccc1C(=O)Nc1ccccc1C(C)C. The molecule has 0 atom stereocenters. The number of rotatable bonds is 5. The van der Waals surface area contributed by atoms with Crippen LogP contribution in [0.2, 0.25) is 0 Å². The van der Waals surface area contributed by atoms with Crippen molar-refractivity contribution in [3.8, 4) is 5.75 Å². The molecule has 0 radical (unpaired) electrons. The molecule has 0 saturated carbocycles. The van der Waals surface area contributed by atoms with Gasteiger partial charge in [-0.25, -0.2) is 0 Å². The zero-order valence-electron chi connectivity index (χ0n) is 13.6. The van der Waals surface area contributed by atoms with E-state index in [0.717, 1.165) is 11.3 Å². The molecule has 3 heteroatoms. The van der Waals surface area contributed by atoms with Crippen LogP contribution in [0.15, 0.2) is 48.5 Å². The second-order valence-electron chi connectivity index (χ2n) is 5.86. The monoisotopic (exact) mass is 297 g/mol. The molecule has 2 rings (SSSR count). The third-order valence-corrected chi connectivity index (χ3v) is 3.33. The van der Waals surface area contributed by atoms with Crippen LogP contribution in [0.3, 0.4) is 0 Å². The third kappa shape index (κ3) is 3.88. The van der Waals surface area contributed by atoms with Gasteiger partial charge in [-0.05, 0) is 43.5 Å². The van der Waals surface area contributed by atoms with Crippen molar-refractivity contribution < 1.29 is 9.53 Å². The van der Waals surface area contributed by atoms with E-state index in [4.69, 9.17) is 4.74 Å². The molecule has 2 aromatic rings. The molecule has 22 heavy (non-hydrogen) atoms. The highest BCUT2D eigenvalue weighted by Crippen LogP contribution is 2.26. The summed E-state index contributed by atoms with van der Waals surface area (Å²) in [6, 6.07) is 15.2. The molecule has 0 aliphatic carbocycles. The molecule has 0 saturated heterocycles. The van der Waals surface area contributed by atoms with E-state index in [0.29, 0.717) is 17.2 Å². The molecule has 0 bridgehead atoms. The van der Waals surface area contributed by atoms with Gasteiger partial charge in [-0.3, -0.25) is 4.79 Å². The second-order valence-corrected chi connectivity index (χ2v) is 5.86. The Morgan fingerprint density at radius 2 is 1.59 bits per heavy atom. The zero-order chi connectivity index (χ0) is 16.1. The van der Waals surface area contributed by atoms with Crippen LogP contribution in [0, 0.1) is 0 Å². The van der Waals surface area contributed by atoms with Gasteiger partial charge in [0.05, 0.1) is 11.7 Å². The Labute approximate surface area is 132 Å². The molecular weight excluding hydrogens is 274 g/mol. The van der Waals surface area contributed by atoms with Crippen molar-refractivity contribution in [3.05, 3.63) is 59.7 Å². The van der Waals surface area contributed by atoms with Crippen molar-refractivity contribution in [1.29, 1.82) is 0 Å². The molecule has 0 aliphatic rings. The Kier molecular flexibility index (Phi) is 5.21. The van der Waals surface area contributed by atoms with Gasteiger partial charge in [0, 0.05) is 5.69 Å². The number of ether oxygens (including phenoxy) is 1. The van der Waals surface area contributed by atoms with Gasteiger partial charge in [-0.2, -0.15) is 0 Å². The van der Waals surface area contributed by atoms with E-state index >= 15 is 0 Å². The first-order chi connectivity index (χ1) is 10.5. The van der Waals surface area contributed by atoms with Crippen LogP contribution in [-0.4, -0.2) is 12.0 Å². The van der Waals surface area contributed by atoms with Gasteiger partial charge in [-0.1, -0.05) is 44.2 Å². The van der Waals surface area contributed by atoms with Crippen LogP contribution in [0.1, 0.15) is 49.5 Å². The van der Waals surface area contributed by atoms with Crippen molar-refractivity contribution in [2.45, 2.75) is 39.7 Å². The summed E-state index contributed by atoms with van der Waals surface area (Å²) in [5.74, 6) is 0.806. The van der Waals surface area contributed by atoms with Crippen LogP contribution in [0.25, 0.3) is 0 Å². The van der Waals surface area contributed by atoms with E-state index in [9.17, 15) is 4.79 Å². The molecule has 3 nitrogen and oxygen atoms in total. The minimum absolute atomic E-state index is 0.0249. The number of para-hydroxylation sites is 2. The lowest BCUT2D eigenvalue weighted by atomic mass is 10.0. The molecule has 0 unspecified atom stereocenters. The Balaban J connectivity index is 2.27. The summed E-state index contributed by atoms with van der Waals surface area (Å²) in [7, 11) is 0. The number of carbonyl (C=O) groups excluding carboxylic acids is 1. The summed E-state index contributed by atoms with van der Waals surface area (Å²) in [6.45, 7) is 8.12. The van der Waals surface area contributed by atoms with E-state index in [1.54, 1.807) is 6.07 Å². The van der Waals surface area contributed by atoms with Gasteiger partial charge in [0.25, 0.3) is 5.91 Å². The number of hydrogen-bond donors (Lipinski definition) is 1. The summed E-state index contributed by atoms with van der Waals surface area (Å²) >= 11 is 0. The van der Waals surface area contributed by atoms with Gasteiger partial charge < -0.3 is 10.1 Å². The minimum atomic E-state index is -0.149. The fourth-order valence-electron chi connectivity index (χ4n) is 2.31. The predicted octanol–water partition coefficient (Wildman–Crippen LogP) is 4.85. The lowest BCUT2D eigenvalue weighted by molar-refractivity contribution is 0.102. The molecule has 0 aliphatic heterocycles. The number of carbonyl (C=O) groups is 1.